The number of hydrogen-bond acceptors (Lipinski definition) is 5. The normalized spacial score (nSPS) is 19.3. The maximum absolute atomic E-state index is 11.5. The number of aliphatic hydroxyl groups is 1. The zero-order valence-corrected chi connectivity index (χ0v) is 16.1. The lowest BCUT2D eigenvalue weighted by molar-refractivity contribution is -0.120. The molecule has 1 saturated heterocycles. The van der Waals surface area contributed by atoms with Crippen molar-refractivity contribution in [2.45, 2.75) is 83.1 Å². The SMILES string of the molecule is CCCCC[C@H](O)CCC(OCc1ccc(C(=O)O)s1)C1CCC(=O)N1. The molecule has 1 fully saturated rings. The van der Waals surface area contributed by atoms with Gasteiger partial charge in [-0.3, -0.25) is 4.79 Å². The molecule has 1 aromatic heterocycles. The Balaban J connectivity index is 1.86. The molecule has 146 valence electrons. The highest BCUT2D eigenvalue weighted by Gasteiger charge is 2.30. The number of nitrogens with one attached hydrogen (secondary N) is 1. The average Bonchev–Trinajstić information content (AvgIpc) is 3.24. The van der Waals surface area contributed by atoms with Crippen LogP contribution in [0, 0.1) is 0 Å². The van der Waals surface area contributed by atoms with Gasteiger partial charge in [0.15, 0.2) is 0 Å². The number of carbonyl (C=O) groups is 2. The fraction of sp³-hybridized carbons (Fsp3) is 0.684. The maximum atomic E-state index is 11.5. The summed E-state index contributed by atoms with van der Waals surface area (Å²) in [4.78, 5) is 23.7. The third kappa shape index (κ3) is 6.70. The average molecular weight is 384 g/mol. The first-order chi connectivity index (χ1) is 12.5. The summed E-state index contributed by atoms with van der Waals surface area (Å²) in [7, 11) is 0. The molecule has 1 amide bonds. The van der Waals surface area contributed by atoms with Crippen LogP contribution in [0.1, 0.15) is 72.8 Å². The molecule has 2 heterocycles. The molecule has 0 aromatic carbocycles. The number of unbranched alkanes of at least 4 members (excludes halogenated alkanes) is 2. The van der Waals surface area contributed by atoms with Crippen molar-refractivity contribution in [1.82, 2.24) is 5.32 Å². The van der Waals surface area contributed by atoms with Crippen LogP contribution in [-0.4, -0.2) is 40.3 Å². The Hall–Kier alpha value is -1.44. The molecule has 0 saturated carbocycles. The Morgan fingerprint density at radius 1 is 1.35 bits per heavy atom. The zero-order chi connectivity index (χ0) is 18.9. The van der Waals surface area contributed by atoms with Crippen molar-refractivity contribution < 1.29 is 24.5 Å². The zero-order valence-electron chi connectivity index (χ0n) is 15.3. The summed E-state index contributed by atoms with van der Waals surface area (Å²) < 4.78 is 6.02. The first-order valence-corrected chi connectivity index (χ1v) is 10.2. The lowest BCUT2D eigenvalue weighted by Gasteiger charge is -2.25. The molecular weight excluding hydrogens is 354 g/mol. The van der Waals surface area contributed by atoms with Crippen LogP contribution in [0.3, 0.4) is 0 Å². The van der Waals surface area contributed by atoms with Crippen LogP contribution < -0.4 is 5.32 Å². The van der Waals surface area contributed by atoms with Crippen molar-refractivity contribution in [3.05, 3.63) is 21.9 Å². The third-order valence-electron chi connectivity index (χ3n) is 4.71. The summed E-state index contributed by atoms with van der Waals surface area (Å²) in [6.07, 6.45) is 6.13. The first kappa shape index (κ1) is 20.9. The number of carboxylic acids is 1. The molecule has 0 bridgehead atoms. The van der Waals surface area contributed by atoms with Gasteiger partial charge in [-0.05, 0) is 37.8 Å². The van der Waals surface area contributed by atoms with Gasteiger partial charge in [-0.1, -0.05) is 26.2 Å². The van der Waals surface area contributed by atoms with Crippen molar-refractivity contribution in [1.29, 1.82) is 0 Å². The van der Waals surface area contributed by atoms with Crippen molar-refractivity contribution >= 4 is 23.2 Å². The molecule has 3 atom stereocenters. The van der Waals surface area contributed by atoms with E-state index < -0.39 is 5.97 Å². The predicted octanol–water partition coefficient (Wildman–Crippen LogP) is 3.33. The van der Waals surface area contributed by atoms with Crippen LogP contribution in [0.2, 0.25) is 0 Å². The number of aromatic carboxylic acids is 1. The van der Waals surface area contributed by atoms with E-state index in [1.807, 2.05) is 0 Å². The lowest BCUT2D eigenvalue weighted by Crippen LogP contribution is -2.38. The standard InChI is InChI=1S/C19H29NO5S/c1-2-3-4-5-13(21)6-9-16(15-8-11-18(22)20-15)25-12-14-7-10-17(26-14)19(23)24/h7,10,13,15-16,21H,2-6,8-9,11-12H2,1H3,(H,20,22)(H,23,24)/t13-,15?,16?/m0/s1. The topological polar surface area (TPSA) is 95.9 Å². The van der Waals surface area contributed by atoms with E-state index in [4.69, 9.17) is 9.84 Å². The van der Waals surface area contributed by atoms with Crippen LogP contribution in [-0.2, 0) is 16.1 Å². The lowest BCUT2D eigenvalue weighted by atomic mass is 9.99. The van der Waals surface area contributed by atoms with Gasteiger partial charge in [0.1, 0.15) is 4.88 Å². The van der Waals surface area contributed by atoms with Gasteiger partial charge >= 0.3 is 5.97 Å². The molecule has 2 rings (SSSR count). The van der Waals surface area contributed by atoms with Crippen LogP contribution >= 0.6 is 11.3 Å². The number of carbonyl (C=O) groups excluding carboxylic acids is 1. The summed E-state index contributed by atoms with van der Waals surface area (Å²) in [5.74, 6) is -0.896. The van der Waals surface area contributed by atoms with Crippen molar-refractivity contribution in [3.63, 3.8) is 0 Å². The Morgan fingerprint density at radius 3 is 2.77 bits per heavy atom. The van der Waals surface area contributed by atoms with E-state index in [1.165, 1.54) is 11.3 Å². The number of aliphatic hydroxyl groups excluding tert-OH is 1. The molecular formula is C19H29NO5S. The number of hydrogen-bond donors (Lipinski definition) is 3. The van der Waals surface area contributed by atoms with Gasteiger partial charge in [-0.2, -0.15) is 0 Å². The van der Waals surface area contributed by atoms with E-state index in [-0.39, 0.29) is 24.2 Å². The van der Waals surface area contributed by atoms with Gasteiger partial charge < -0.3 is 20.3 Å². The first-order valence-electron chi connectivity index (χ1n) is 9.40. The van der Waals surface area contributed by atoms with Crippen LogP contribution in [0.5, 0.6) is 0 Å². The number of amides is 1. The van der Waals surface area contributed by atoms with Crippen molar-refractivity contribution in [2.24, 2.45) is 0 Å². The van der Waals surface area contributed by atoms with Gasteiger partial charge in [0.2, 0.25) is 5.91 Å². The molecule has 6 nitrogen and oxygen atoms in total. The Bertz CT molecular complexity index is 588. The Kier molecular flexibility index (Phi) is 8.54. The van der Waals surface area contributed by atoms with E-state index in [0.717, 1.165) is 37.0 Å². The smallest absolute Gasteiger partial charge is 0.345 e. The van der Waals surface area contributed by atoms with Crippen LogP contribution in [0.4, 0.5) is 0 Å². The van der Waals surface area contributed by atoms with E-state index in [2.05, 4.69) is 12.2 Å². The van der Waals surface area contributed by atoms with Gasteiger partial charge in [0.25, 0.3) is 0 Å². The van der Waals surface area contributed by atoms with Crippen LogP contribution in [0.25, 0.3) is 0 Å². The third-order valence-corrected chi connectivity index (χ3v) is 5.76. The summed E-state index contributed by atoms with van der Waals surface area (Å²) in [6.45, 7) is 2.46. The largest absolute Gasteiger partial charge is 0.477 e. The molecule has 1 aliphatic heterocycles. The Morgan fingerprint density at radius 2 is 2.15 bits per heavy atom. The molecule has 26 heavy (non-hydrogen) atoms. The van der Waals surface area contributed by atoms with E-state index in [1.54, 1.807) is 12.1 Å². The fourth-order valence-electron chi connectivity index (χ4n) is 3.21. The predicted molar refractivity (Wildman–Crippen MR) is 100 cm³/mol. The second kappa shape index (κ2) is 10.6. The summed E-state index contributed by atoms with van der Waals surface area (Å²) in [5, 5.41) is 22.1. The summed E-state index contributed by atoms with van der Waals surface area (Å²) in [6, 6.07) is 3.30. The number of carboxylic acid groups (broad SMARTS) is 1. The molecule has 7 heteroatoms. The van der Waals surface area contributed by atoms with E-state index in [9.17, 15) is 14.7 Å². The highest BCUT2D eigenvalue weighted by atomic mass is 32.1. The maximum Gasteiger partial charge on any atom is 0.345 e. The van der Waals surface area contributed by atoms with Gasteiger partial charge in [0, 0.05) is 11.3 Å². The molecule has 0 aliphatic carbocycles. The fourth-order valence-corrected chi connectivity index (χ4v) is 3.98. The highest BCUT2D eigenvalue weighted by Crippen LogP contribution is 2.23. The molecule has 1 aromatic rings. The van der Waals surface area contributed by atoms with Crippen molar-refractivity contribution in [2.75, 3.05) is 0 Å². The Labute approximate surface area is 158 Å². The molecule has 1 aliphatic rings. The monoisotopic (exact) mass is 383 g/mol. The second-order valence-corrected chi connectivity index (χ2v) is 8.03. The number of rotatable bonds is 12. The van der Waals surface area contributed by atoms with E-state index >= 15 is 0 Å². The minimum atomic E-state index is -0.934. The van der Waals surface area contributed by atoms with Gasteiger partial charge in [0.05, 0.1) is 24.9 Å². The van der Waals surface area contributed by atoms with Crippen molar-refractivity contribution in [3.8, 4) is 0 Å². The molecule has 3 N–H and O–H groups in total. The quantitative estimate of drug-likeness (QED) is 0.481. The minimum absolute atomic E-state index is 0.0377. The minimum Gasteiger partial charge on any atom is -0.477 e. The van der Waals surface area contributed by atoms with Gasteiger partial charge in [-0.15, -0.1) is 11.3 Å². The molecule has 2 unspecified atom stereocenters. The van der Waals surface area contributed by atoms with E-state index in [0.29, 0.717) is 30.7 Å². The second-order valence-electron chi connectivity index (χ2n) is 6.86. The molecule has 0 radical (unpaired) electrons. The number of thiophene rings is 1. The highest BCUT2D eigenvalue weighted by molar-refractivity contribution is 7.13. The summed E-state index contributed by atoms with van der Waals surface area (Å²) >= 11 is 1.20. The summed E-state index contributed by atoms with van der Waals surface area (Å²) in [5.41, 5.74) is 0. The molecule has 0 spiro atoms. The van der Waals surface area contributed by atoms with Crippen LogP contribution in [0.15, 0.2) is 12.1 Å². The number of ether oxygens (including phenoxy) is 1. The van der Waals surface area contributed by atoms with Gasteiger partial charge in [-0.25, -0.2) is 4.79 Å².